The standard InChI is InChI=1S/C25H31NO7/c1-4-5-13-26-22(24(29)31-2)17(12-11-16-9-7-6-8-10-16)21(23(26)25(30)32-3)19-14-18(28)20(15-27)33-19/h6-12,18-20,27-28H,4-5,13-15H2,1-3H3. The second-order valence-corrected chi connectivity index (χ2v) is 7.91. The van der Waals surface area contributed by atoms with Crippen molar-refractivity contribution in [2.45, 2.75) is 51.0 Å². The summed E-state index contributed by atoms with van der Waals surface area (Å²) in [6, 6.07) is 9.54. The molecule has 0 spiro atoms. The van der Waals surface area contributed by atoms with Crippen LogP contribution in [-0.4, -0.2) is 59.8 Å². The lowest BCUT2D eigenvalue weighted by Crippen LogP contribution is -2.24. The Balaban J connectivity index is 2.28. The zero-order valence-electron chi connectivity index (χ0n) is 19.2. The minimum absolute atomic E-state index is 0.166. The third-order valence-electron chi connectivity index (χ3n) is 5.80. The molecule has 1 saturated heterocycles. The molecule has 178 valence electrons. The van der Waals surface area contributed by atoms with Gasteiger partial charge in [0.25, 0.3) is 0 Å². The fourth-order valence-corrected chi connectivity index (χ4v) is 4.15. The van der Waals surface area contributed by atoms with Crippen LogP contribution in [0.2, 0.25) is 0 Å². The summed E-state index contributed by atoms with van der Waals surface area (Å²) in [6.07, 6.45) is 2.92. The van der Waals surface area contributed by atoms with Crippen LogP contribution in [0.15, 0.2) is 30.3 Å². The molecule has 2 N–H and O–H groups in total. The molecule has 0 saturated carbocycles. The van der Waals surface area contributed by atoms with E-state index in [0.717, 1.165) is 18.4 Å². The molecular formula is C25H31NO7. The number of nitrogens with zero attached hydrogens (tertiary/aromatic N) is 1. The molecule has 0 amide bonds. The van der Waals surface area contributed by atoms with Crippen LogP contribution in [0.25, 0.3) is 12.2 Å². The number of unbranched alkanes of at least 4 members (excludes halogenated alkanes) is 1. The molecule has 0 bridgehead atoms. The minimum atomic E-state index is -0.906. The lowest BCUT2D eigenvalue weighted by Gasteiger charge is -2.15. The molecule has 8 nitrogen and oxygen atoms in total. The van der Waals surface area contributed by atoms with Crippen molar-refractivity contribution >= 4 is 24.1 Å². The van der Waals surface area contributed by atoms with E-state index in [1.165, 1.54) is 14.2 Å². The Labute approximate surface area is 193 Å². The van der Waals surface area contributed by atoms with Gasteiger partial charge in [-0.25, -0.2) is 9.59 Å². The predicted octanol–water partition coefficient (Wildman–Crippen LogP) is 3.22. The molecule has 1 aromatic heterocycles. The summed E-state index contributed by atoms with van der Waals surface area (Å²) in [7, 11) is 2.57. The summed E-state index contributed by atoms with van der Waals surface area (Å²) in [5.74, 6) is -1.20. The maximum atomic E-state index is 13.0. The number of esters is 2. The molecule has 2 heterocycles. The number of aliphatic hydroxyl groups is 2. The summed E-state index contributed by atoms with van der Waals surface area (Å²) >= 11 is 0. The van der Waals surface area contributed by atoms with E-state index in [1.807, 2.05) is 43.3 Å². The van der Waals surface area contributed by atoms with Crippen LogP contribution in [0.5, 0.6) is 0 Å². The van der Waals surface area contributed by atoms with Crippen LogP contribution in [0.3, 0.4) is 0 Å². The summed E-state index contributed by atoms with van der Waals surface area (Å²) in [5.41, 5.74) is 2.23. The lowest BCUT2D eigenvalue weighted by molar-refractivity contribution is -0.0229. The molecule has 2 aromatic rings. The Hall–Kier alpha value is -2.94. The number of rotatable bonds is 9. The Bertz CT molecular complexity index is 996. The number of aliphatic hydroxyl groups excluding tert-OH is 2. The highest BCUT2D eigenvalue weighted by molar-refractivity contribution is 6.00. The van der Waals surface area contributed by atoms with E-state index in [1.54, 1.807) is 10.6 Å². The van der Waals surface area contributed by atoms with Gasteiger partial charge in [-0.2, -0.15) is 0 Å². The van der Waals surface area contributed by atoms with Gasteiger partial charge >= 0.3 is 11.9 Å². The number of methoxy groups -OCH3 is 2. The van der Waals surface area contributed by atoms with Crippen molar-refractivity contribution < 1.29 is 34.0 Å². The SMILES string of the molecule is CCCCn1c(C(=O)OC)c(C=Cc2ccccc2)c(C2CC(O)C(CO)O2)c1C(=O)OC. The summed E-state index contributed by atoms with van der Waals surface area (Å²) in [4.78, 5) is 25.9. The first-order valence-electron chi connectivity index (χ1n) is 11.1. The molecule has 8 heteroatoms. The van der Waals surface area contributed by atoms with E-state index in [2.05, 4.69) is 0 Å². The molecule has 1 fully saturated rings. The Kier molecular flexibility index (Phi) is 8.43. The smallest absolute Gasteiger partial charge is 0.355 e. The minimum Gasteiger partial charge on any atom is -0.464 e. The highest BCUT2D eigenvalue weighted by atomic mass is 16.5. The number of carbonyl (C=O) groups is 2. The maximum Gasteiger partial charge on any atom is 0.355 e. The molecule has 3 unspecified atom stereocenters. The van der Waals surface area contributed by atoms with Gasteiger partial charge in [0, 0.05) is 24.1 Å². The Morgan fingerprint density at radius 2 is 1.79 bits per heavy atom. The van der Waals surface area contributed by atoms with Crippen LogP contribution in [0.1, 0.15) is 70.0 Å². The highest BCUT2D eigenvalue weighted by Gasteiger charge is 2.41. The second kappa shape index (κ2) is 11.3. The molecule has 3 atom stereocenters. The van der Waals surface area contributed by atoms with Crippen LogP contribution in [0, 0.1) is 0 Å². The van der Waals surface area contributed by atoms with Gasteiger partial charge < -0.3 is 29.0 Å². The number of carbonyl (C=O) groups excluding carboxylic acids is 2. The van der Waals surface area contributed by atoms with Gasteiger partial charge in [0.15, 0.2) is 0 Å². The molecule has 33 heavy (non-hydrogen) atoms. The molecular weight excluding hydrogens is 426 g/mol. The largest absolute Gasteiger partial charge is 0.464 e. The number of hydrogen-bond donors (Lipinski definition) is 2. The third-order valence-corrected chi connectivity index (χ3v) is 5.80. The Morgan fingerprint density at radius 1 is 1.12 bits per heavy atom. The lowest BCUT2D eigenvalue weighted by atomic mass is 9.98. The monoisotopic (exact) mass is 457 g/mol. The zero-order chi connectivity index (χ0) is 24.0. The first-order chi connectivity index (χ1) is 16.0. The van der Waals surface area contributed by atoms with Crippen molar-refractivity contribution in [1.82, 2.24) is 4.57 Å². The van der Waals surface area contributed by atoms with E-state index in [0.29, 0.717) is 17.7 Å². The summed E-state index contributed by atoms with van der Waals surface area (Å²) < 4.78 is 17.7. The molecule has 1 aromatic carbocycles. The van der Waals surface area contributed by atoms with E-state index >= 15 is 0 Å². The average molecular weight is 458 g/mol. The van der Waals surface area contributed by atoms with Crippen LogP contribution in [0.4, 0.5) is 0 Å². The van der Waals surface area contributed by atoms with Gasteiger partial charge in [0.2, 0.25) is 0 Å². The highest BCUT2D eigenvalue weighted by Crippen LogP contribution is 2.40. The fraction of sp³-hybridized carbons (Fsp3) is 0.440. The van der Waals surface area contributed by atoms with Crippen molar-refractivity contribution in [3.8, 4) is 0 Å². The van der Waals surface area contributed by atoms with Crippen molar-refractivity contribution in [3.05, 3.63) is 58.4 Å². The Morgan fingerprint density at radius 3 is 2.36 bits per heavy atom. The first-order valence-corrected chi connectivity index (χ1v) is 11.1. The fourth-order valence-electron chi connectivity index (χ4n) is 4.15. The van der Waals surface area contributed by atoms with Crippen LogP contribution in [-0.2, 0) is 20.8 Å². The van der Waals surface area contributed by atoms with Crippen LogP contribution >= 0.6 is 0 Å². The van der Waals surface area contributed by atoms with Gasteiger partial charge in [-0.15, -0.1) is 0 Å². The molecule has 3 rings (SSSR count). The van der Waals surface area contributed by atoms with Gasteiger partial charge in [0.05, 0.1) is 33.0 Å². The van der Waals surface area contributed by atoms with Gasteiger partial charge in [-0.05, 0) is 12.0 Å². The predicted molar refractivity (Wildman–Crippen MR) is 123 cm³/mol. The van der Waals surface area contributed by atoms with E-state index in [4.69, 9.17) is 14.2 Å². The summed E-state index contributed by atoms with van der Waals surface area (Å²) in [6.45, 7) is 2.05. The van der Waals surface area contributed by atoms with Crippen molar-refractivity contribution in [1.29, 1.82) is 0 Å². The van der Waals surface area contributed by atoms with Gasteiger partial charge in [0.1, 0.15) is 17.5 Å². The molecule has 1 aliphatic heterocycles. The van der Waals surface area contributed by atoms with Gasteiger partial charge in [-0.1, -0.05) is 55.8 Å². The number of hydrogen-bond acceptors (Lipinski definition) is 7. The van der Waals surface area contributed by atoms with E-state index in [-0.39, 0.29) is 24.4 Å². The van der Waals surface area contributed by atoms with Crippen LogP contribution < -0.4 is 0 Å². The quantitative estimate of drug-likeness (QED) is 0.557. The number of benzene rings is 1. The zero-order valence-corrected chi connectivity index (χ0v) is 19.2. The molecule has 0 aliphatic carbocycles. The van der Waals surface area contributed by atoms with E-state index in [9.17, 15) is 19.8 Å². The second-order valence-electron chi connectivity index (χ2n) is 7.91. The topological polar surface area (TPSA) is 107 Å². The molecule has 1 aliphatic rings. The normalized spacial score (nSPS) is 20.3. The average Bonchev–Trinajstić information content (AvgIpc) is 3.37. The van der Waals surface area contributed by atoms with Gasteiger partial charge in [-0.3, -0.25) is 0 Å². The number of aromatic nitrogens is 1. The first kappa shape index (κ1) is 24.7. The van der Waals surface area contributed by atoms with E-state index < -0.39 is 30.3 Å². The van der Waals surface area contributed by atoms with Crippen molar-refractivity contribution in [3.63, 3.8) is 0 Å². The third kappa shape index (κ3) is 5.19. The maximum absolute atomic E-state index is 13.0. The van der Waals surface area contributed by atoms with Crippen molar-refractivity contribution in [2.24, 2.45) is 0 Å². The summed E-state index contributed by atoms with van der Waals surface area (Å²) in [5, 5.41) is 19.9. The molecule has 0 radical (unpaired) electrons. The number of ether oxygens (including phenoxy) is 3. The van der Waals surface area contributed by atoms with Crippen molar-refractivity contribution in [2.75, 3.05) is 20.8 Å².